The summed E-state index contributed by atoms with van der Waals surface area (Å²) in [7, 11) is 0. The highest BCUT2D eigenvalue weighted by Gasteiger charge is 2.01. The van der Waals surface area contributed by atoms with Crippen molar-refractivity contribution in [1.82, 2.24) is 5.16 Å². The number of hydrogen-bond donors (Lipinski definition) is 0. The van der Waals surface area contributed by atoms with Crippen LogP contribution in [-0.4, -0.2) is 5.16 Å². The van der Waals surface area contributed by atoms with Crippen LogP contribution in [0, 0.1) is 0 Å². The highest BCUT2D eigenvalue weighted by molar-refractivity contribution is 5.86. The molecule has 0 amide bonds. The molecule has 0 spiro atoms. The van der Waals surface area contributed by atoms with E-state index < -0.39 is 0 Å². The van der Waals surface area contributed by atoms with Gasteiger partial charge >= 0.3 is 0 Å². The molecule has 0 fully saturated rings. The third kappa shape index (κ3) is 0.889. The number of benzene rings is 1. The SMILES string of the molecule is [N-]=[N+]=Nc1cccc2cnoc12. The van der Waals surface area contributed by atoms with E-state index in [1.165, 1.54) is 0 Å². The zero-order valence-corrected chi connectivity index (χ0v) is 6.01. The van der Waals surface area contributed by atoms with Gasteiger partial charge in [-0.1, -0.05) is 16.3 Å². The molecular formula is C7H4N4O. The standard InChI is InChI=1S/C7H4N4O/c8-11-10-6-3-1-2-5-4-9-12-7(5)6/h1-4H. The van der Waals surface area contributed by atoms with E-state index in [2.05, 4.69) is 15.2 Å². The second-order valence-corrected chi connectivity index (χ2v) is 2.21. The van der Waals surface area contributed by atoms with Gasteiger partial charge in [0, 0.05) is 10.3 Å². The molecule has 0 unspecified atom stereocenters. The summed E-state index contributed by atoms with van der Waals surface area (Å²) in [5, 5.41) is 7.87. The summed E-state index contributed by atoms with van der Waals surface area (Å²) < 4.78 is 4.89. The third-order valence-electron chi connectivity index (χ3n) is 1.51. The molecule has 0 radical (unpaired) electrons. The second-order valence-electron chi connectivity index (χ2n) is 2.21. The Morgan fingerprint density at radius 2 is 2.42 bits per heavy atom. The molecule has 0 saturated carbocycles. The number of nitrogens with zero attached hydrogens (tertiary/aromatic N) is 4. The monoisotopic (exact) mass is 160 g/mol. The lowest BCUT2D eigenvalue weighted by atomic mass is 10.2. The summed E-state index contributed by atoms with van der Waals surface area (Å²) in [4.78, 5) is 2.67. The van der Waals surface area contributed by atoms with Gasteiger partial charge in [0.15, 0.2) is 5.58 Å². The van der Waals surface area contributed by atoms with Crippen LogP contribution in [0.15, 0.2) is 34.0 Å². The van der Waals surface area contributed by atoms with E-state index in [9.17, 15) is 0 Å². The van der Waals surface area contributed by atoms with Gasteiger partial charge < -0.3 is 4.52 Å². The van der Waals surface area contributed by atoms with Crippen molar-refractivity contribution in [1.29, 1.82) is 0 Å². The largest absolute Gasteiger partial charge is 0.356 e. The Balaban J connectivity index is 2.81. The summed E-state index contributed by atoms with van der Waals surface area (Å²) in [5.41, 5.74) is 9.20. The van der Waals surface area contributed by atoms with Crippen LogP contribution in [0.5, 0.6) is 0 Å². The number of aromatic nitrogens is 1. The van der Waals surface area contributed by atoms with Crippen molar-refractivity contribution < 1.29 is 4.52 Å². The molecule has 1 aromatic carbocycles. The van der Waals surface area contributed by atoms with E-state index in [1.807, 2.05) is 6.07 Å². The van der Waals surface area contributed by atoms with E-state index in [0.717, 1.165) is 5.39 Å². The molecule has 5 nitrogen and oxygen atoms in total. The van der Waals surface area contributed by atoms with Crippen molar-refractivity contribution in [3.8, 4) is 0 Å². The maximum absolute atomic E-state index is 8.21. The lowest BCUT2D eigenvalue weighted by Crippen LogP contribution is -1.63. The third-order valence-corrected chi connectivity index (χ3v) is 1.51. The molecule has 0 aliphatic carbocycles. The molecule has 0 aliphatic heterocycles. The van der Waals surface area contributed by atoms with Gasteiger partial charge in [0.05, 0.1) is 11.9 Å². The van der Waals surface area contributed by atoms with Crippen molar-refractivity contribution in [2.24, 2.45) is 5.11 Å². The van der Waals surface area contributed by atoms with Gasteiger partial charge in [-0.25, -0.2) is 0 Å². The Kier molecular flexibility index (Phi) is 1.43. The van der Waals surface area contributed by atoms with Crippen molar-refractivity contribution in [3.05, 3.63) is 34.8 Å². The zero-order chi connectivity index (χ0) is 8.39. The molecule has 1 heterocycles. The smallest absolute Gasteiger partial charge is 0.176 e. The fourth-order valence-electron chi connectivity index (χ4n) is 1.01. The van der Waals surface area contributed by atoms with Crippen LogP contribution in [0.1, 0.15) is 0 Å². The first-order chi connectivity index (χ1) is 5.92. The quantitative estimate of drug-likeness (QED) is 0.365. The summed E-state index contributed by atoms with van der Waals surface area (Å²) in [6, 6.07) is 5.29. The van der Waals surface area contributed by atoms with Crippen LogP contribution < -0.4 is 0 Å². The normalized spacial score (nSPS) is 9.67. The van der Waals surface area contributed by atoms with Crippen LogP contribution in [-0.2, 0) is 0 Å². The molecule has 58 valence electrons. The predicted octanol–water partition coefficient (Wildman–Crippen LogP) is 2.77. The molecular weight excluding hydrogens is 156 g/mol. The number of rotatable bonds is 1. The zero-order valence-electron chi connectivity index (χ0n) is 6.01. The minimum Gasteiger partial charge on any atom is -0.356 e. The minimum atomic E-state index is 0.465. The summed E-state index contributed by atoms with van der Waals surface area (Å²) in [6.45, 7) is 0. The first-order valence-electron chi connectivity index (χ1n) is 3.30. The maximum atomic E-state index is 8.21. The number of azide groups is 1. The van der Waals surface area contributed by atoms with Crippen LogP contribution in [0.25, 0.3) is 21.4 Å². The molecule has 1 aromatic heterocycles. The van der Waals surface area contributed by atoms with Crippen molar-refractivity contribution in [2.45, 2.75) is 0 Å². The van der Waals surface area contributed by atoms with Crippen LogP contribution in [0.4, 0.5) is 5.69 Å². The van der Waals surface area contributed by atoms with Gasteiger partial charge in [0.2, 0.25) is 0 Å². The number of fused-ring (bicyclic) bond motifs is 1. The van der Waals surface area contributed by atoms with Gasteiger partial charge in [0.25, 0.3) is 0 Å². The topological polar surface area (TPSA) is 74.8 Å². The summed E-state index contributed by atoms with van der Waals surface area (Å²) in [6.07, 6.45) is 1.58. The van der Waals surface area contributed by atoms with Crippen molar-refractivity contribution >= 4 is 16.7 Å². The van der Waals surface area contributed by atoms with E-state index in [4.69, 9.17) is 10.1 Å². The lowest BCUT2D eigenvalue weighted by molar-refractivity contribution is 0.457. The van der Waals surface area contributed by atoms with Gasteiger partial charge in [0.1, 0.15) is 0 Å². The number of para-hydroxylation sites is 1. The van der Waals surface area contributed by atoms with Gasteiger partial charge in [-0.3, -0.25) is 0 Å². The second kappa shape index (κ2) is 2.56. The summed E-state index contributed by atoms with van der Waals surface area (Å²) >= 11 is 0. The molecule has 0 N–H and O–H groups in total. The van der Waals surface area contributed by atoms with Crippen LogP contribution in [0.2, 0.25) is 0 Å². The Bertz CT molecular complexity index is 455. The molecule has 5 heteroatoms. The molecule has 2 rings (SSSR count). The molecule has 0 aliphatic rings. The predicted molar refractivity (Wildman–Crippen MR) is 42.8 cm³/mol. The van der Waals surface area contributed by atoms with Crippen LogP contribution in [0.3, 0.4) is 0 Å². The molecule has 2 aromatic rings. The van der Waals surface area contributed by atoms with E-state index >= 15 is 0 Å². The van der Waals surface area contributed by atoms with E-state index in [0.29, 0.717) is 11.3 Å². The average molecular weight is 160 g/mol. The average Bonchev–Trinajstić information content (AvgIpc) is 2.53. The highest BCUT2D eigenvalue weighted by atomic mass is 16.5. The van der Waals surface area contributed by atoms with E-state index in [-0.39, 0.29) is 0 Å². The van der Waals surface area contributed by atoms with Crippen LogP contribution >= 0.6 is 0 Å². The fraction of sp³-hybridized carbons (Fsp3) is 0. The Labute approximate surface area is 67.2 Å². The van der Waals surface area contributed by atoms with Gasteiger partial charge in [-0.05, 0) is 17.7 Å². The first kappa shape index (κ1) is 6.69. The number of hydrogen-bond acceptors (Lipinski definition) is 3. The highest BCUT2D eigenvalue weighted by Crippen LogP contribution is 2.25. The molecule has 0 bridgehead atoms. The van der Waals surface area contributed by atoms with Crippen molar-refractivity contribution in [3.63, 3.8) is 0 Å². The fourth-order valence-corrected chi connectivity index (χ4v) is 1.01. The first-order valence-corrected chi connectivity index (χ1v) is 3.30. The molecule has 0 saturated heterocycles. The Morgan fingerprint density at radius 1 is 1.50 bits per heavy atom. The Hall–Kier alpha value is -2.00. The lowest BCUT2D eigenvalue weighted by Gasteiger charge is -1.89. The summed E-state index contributed by atoms with van der Waals surface area (Å²) in [5.74, 6) is 0. The Morgan fingerprint density at radius 3 is 3.25 bits per heavy atom. The van der Waals surface area contributed by atoms with E-state index in [1.54, 1.807) is 18.3 Å². The van der Waals surface area contributed by atoms with Gasteiger partial charge in [-0.15, -0.1) is 0 Å². The molecule has 12 heavy (non-hydrogen) atoms. The minimum absolute atomic E-state index is 0.465. The van der Waals surface area contributed by atoms with Gasteiger partial charge in [-0.2, -0.15) is 0 Å². The molecule has 0 atom stereocenters. The maximum Gasteiger partial charge on any atom is 0.176 e. The van der Waals surface area contributed by atoms with Crippen molar-refractivity contribution in [2.75, 3.05) is 0 Å².